The smallest absolute Gasteiger partial charge is 0.255 e. The molecule has 64 heavy (non-hydrogen) atoms. The minimum atomic E-state index is -2.56. The summed E-state index contributed by atoms with van der Waals surface area (Å²) in [6.45, 7) is 12.1. The zero-order valence-corrected chi connectivity index (χ0v) is 38.6. The number of carbonyl (C=O) groups excluding carboxylic acids is 3. The van der Waals surface area contributed by atoms with Crippen LogP contribution >= 0.6 is 18.7 Å². The average Bonchev–Trinajstić information content (AvgIpc) is 3.61. The maximum Gasteiger partial charge on any atom is 0.255 e. The van der Waals surface area contributed by atoms with Crippen LogP contribution in [0.3, 0.4) is 0 Å². The van der Waals surface area contributed by atoms with Gasteiger partial charge in [-0.05, 0) is 74.9 Å². The van der Waals surface area contributed by atoms with E-state index in [-0.39, 0.29) is 24.3 Å². The zero-order valence-electron chi connectivity index (χ0n) is 36.9. The number of halogens is 1. The Hall–Kier alpha value is -5.21. The van der Waals surface area contributed by atoms with Crippen molar-refractivity contribution in [1.82, 2.24) is 30.0 Å². The topological polar surface area (TPSA) is 162 Å². The number of imide groups is 1. The van der Waals surface area contributed by atoms with E-state index in [1.54, 1.807) is 37.6 Å². The number of nitrogens with one attached hydrogen (secondary N) is 3. The molecule has 1 saturated carbocycles. The largest absolute Gasteiger partial charge is 0.494 e. The number of piperidine rings is 2. The van der Waals surface area contributed by atoms with Gasteiger partial charge >= 0.3 is 0 Å². The van der Waals surface area contributed by atoms with E-state index in [2.05, 4.69) is 54.7 Å². The quantitative estimate of drug-likeness (QED) is 0.100. The molecule has 4 aliphatic heterocycles. The van der Waals surface area contributed by atoms with E-state index in [1.165, 1.54) is 11.3 Å². The first kappa shape index (κ1) is 44.0. The molecule has 3 amide bonds. The number of piperazine rings is 1. The minimum absolute atomic E-state index is 0.0876. The fourth-order valence-corrected chi connectivity index (χ4v) is 11.3. The van der Waals surface area contributed by atoms with E-state index in [9.17, 15) is 18.9 Å². The van der Waals surface area contributed by atoms with Crippen molar-refractivity contribution in [3.8, 4) is 11.5 Å². The highest BCUT2D eigenvalue weighted by Gasteiger charge is 2.42. The summed E-state index contributed by atoms with van der Waals surface area (Å²) in [7, 11) is -0.880. The molecule has 0 radical (unpaired) electrons. The summed E-state index contributed by atoms with van der Waals surface area (Å²) in [6, 6.07) is 17.7. The number of carbonyl (C=O) groups is 3. The number of methoxy groups -OCH3 is 1. The number of benzene rings is 3. The molecule has 1 atom stereocenters. The van der Waals surface area contributed by atoms with Crippen LogP contribution in [0.5, 0.6) is 11.5 Å². The van der Waals surface area contributed by atoms with Crippen molar-refractivity contribution in [1.29, 1.82) is 0 Å². The van der Waals surface area contributed by atoms with Gasteiger partial charge in [0.25, 0.3) is 5.91 Å². The molecular weight excluding hydrogens is 853 g/mol. The SMILES string of the molecule is CCc1cc(Nc2ncc(Cl)c(Nc3ccccc3P(C)(C)=O)n2)c(OC)cc1N1CCC(N2CCN(C3CC(Oc4cccc5c4CN(C4CCC(=O)NC4=O)C5=O)C3)CC2)CC1. The molecule has 9 rings (SSSR count). The number of para-hydroxylation sites is 1. The van der Waals surface area contributed by atoms with Crippen molar-refractivity contribution in [3.05, 3.63) is 82.5 Å². The third-order valence-electron chi connectivity index (χ3n) is 13.6. The van der Waals surface area contributed by atoms with Gasteiger partial charge in [0.15, 0.2) is 5.82 Å². The summed E-state index contributed by atoms with van der Waals surface area (Å²) >= 11 is 6.54. The number of hydrogen-bond donors (Lipinski definition) is 3. The van der Waals surface area contributed by atoms with Gasteiger partial charge in [-0.25, -0.2) is 4.98 Å². The van der Waals surface area contributed by atoms with Gasteiger partial charge in [-0.3, -0.25) is 29.5 Å². The average molecular weight is 910 g/mol. The Morgan fingerprint density at radius 1 is 0.875 bits per heavy atom. The molecule has 15 nitrogen and oxygen atoms in total. The highest BCUT2D eigenvalue weighted by atomic mass is 35.5. The van der Waals surface area contributed by atoms with Crippen LogP contribution in [0.15, 0.2) is 60.8 Å². The lowest BCUT2D eigenvalue weighted by atomic mass is 9.87. The number of rotatable bonds is 13. The Labute approximate surface area is 379 Å². The van der Waals surface area contributed by atoms with Crippen molar-refractivity contribution < 1.29 is 28.4 Å². The zero-order chi connectivity index (χ0) is 44.7. The first-order valence-corrected chi connectivity index (χ1v) is 25.4. The molecule has 3 aromatic carbocycles. The van der Waals surface area contributed by atoms with E-state index in [0.29, 0.717) is 58.8 Å². The predicted molar refractivity (Wildman–Crippen MR) is 250 cm³/mol. The number of ether oxygens (including phenoxy) is 2. The van der Waals surface area contributed by atoms with Crippen LogP contribution in [0.2, 0.25) is 5.02 Å². The number of fused-ring (bicyclic) bond motifs is 1. The number of nitrogens with zero attached hydrogens (tertiary/aromatic N) is 6. The Kier molecular flexibility index (Phi) is 12.6. The van der Waals surface area contributed by atoms with E-state index in [1.807, 2.05) is 36.4 Å². The van der Waals surface area contributed by atoms with Crippen molar-refractivity contribution in [2.75, 3.05) is 75.2 Å². The molecule has 4 aromatic rings. The molecule has 5 heterocycles. The monoisotopic (exact) mass is 909 g/mol. The van der Waals surface area contributed by atoms with E-state index >= 15 is 0 Å². The Morgan fingerprint density at radius 3 is 2.31 bits per heavy atom. The van der Waals surface area contributed by atoms with Gasteiger partial charge in [-0.2, -0.15) is 4.98 Å². The van der Waals surface area contributed by atoms with Gasteiger partial charge in [0.1, 0.15) is 35.8 Å². The maximum absolute atomic E-state index is 13.3. The fraction of sp³-hybridized carbons (Fsp3) is 0.468. The van der Waals surface area contributed by atoms with Gasteiger partial charge in [-0.1, -0.05) is 36.7 Å². The Morgan fingerprint density at radius 2 is 1.61 bits per heavy atom. The molecule has 0 spiro atoms. The van der Waals surface area contributed by atoms with Crippen LogP contribution in [-0.2, 0) is 27.1 Å². The molecule has 1 aromatic heterocycles. The Balaban J connectivity index is 0.760. The molecule has 0 bridgehead atoms. The molecular formula is C47H57ClN9O6P. The van der Waals surface area contributed by atoms with Crippen molar-refractivity contribution in [3.63, 3.8) is 0 Å². The number of aryl methyl sites for hydroxylation is 1. The maximum atomic E-state index is 13.3. The third kappa shape index (κ3) is 9.05. The first-order valence-electron chi connectivity index (χ1n) is 22.4. The molecule has 4 fully saturated rings. The second-order valence-corrected chi connectivity index (χ2v) is 21.5. The lowest BCUT2D eigenvalue weighted by molar-refractivity contribution is -0.136. The van der Waals surface area contributed by atoms with Gasteiger partial charge < -0.3 is 34.5 Å². The number of amides is 3. The minimum Gasteiger partial charge on any atom is -0.494 e. The summed E-state index contributed by atoms with van der Waals surface area (Å²) in [6.07, 6.45) is 7.15. The molecule has 338 valence electrons. The van der Waals surface area contributed by atoms with Crippen LogP contribution < -0.4 is 35.6 Å². The van der Waals surface area contributed by atoms with E-state index in [4.69, 9.17) is 26.1 Å². The molecule has 1 unspecified atom stereocenters. The predicted octanol–water partition coefficient (Wildman–Crippen LogP) is 6.39. The molecule has 3 saturated heterocycles. The van der Waals surface area contributed by atoms with Crippen LogP contribution in [0, 0.1) is 0 Å². The van der Waals surface area contributed by atoms with E-state index in [0.717, 1.165) is 93.7 Å². The molecule has 5 aliphatic rings. The number of aromatic nitrogens is 2. The number of hydrogen-bond acceptors (Lipinski definition) is 13. The van der Waals surface area contributed by atoms with Gasteiger partial charge in [0, 0.05) is 98.8 Å². The van der Waals surface area contributed by atoms with Crippen LogP contribution in [0.4, 0.5) is 28.8 Å². The standard InChI is InChI=1S/C47H57ClN9O6P/c1-5-29-23-37(51-47-49-27-35(48)44(53-47)50-36-10-6-7-12-42(36)64(3,4)61)41(62-2)26-39(29)56-17-15-30(16-18-56)54-19-21-55(22-20-54)31-24-32(25-31)63-40-11-8-9-33-34(40)28-57(46(33)60)38-13-14-43(58)52-45(38)59/h6-12,23,26-27,30-32,38H,5,13-22,24-25,28H2,1-4H3,(H,52,58,59)(H2,49,50,51,53). The van der Waals surface area contributed by atoms with Crippen molar-refractivity contribution in [2.45, 2.75) is 82.6 Å². The fourth-order valence-electron chi connectivity index (χ4n) is 9.99. The summed E-state index contributed by atoms with van der Waals surface area (Å²) in [5.41, 5.74) is 5.26. The van der Waals surface area contributed by atoms with Crippen LogP contribution in [0.1, 0.15) is 66.9 Å². The summed E-state index contributed by atoms with van der Waals surface area (Å²) in [4.78, 5) is 56.1. The van der Waals surface area contributed by atoms with Gasteiger partial charge in [0.2, 0.25) is 17.8 Å². The summed E-state index contributed by atoms with van der Waals surface area (Å²) < 4.78 is 25.4. The highest BCUT2D eigenvalue weighted by molar-refractivity contribution is 7.70. The highest BCUT2D eigenvalue weighted by Crippen LogP contribution is 2.41. The summed E-state index contributed by atoms with van der Waals surface area (Å²) in [5, 5.41) is 10.1. The molecule has 1 aliphatic carbocycles. The van der Waals surface area contributed by atoms with Gasteiger partial charge in [0.05, 0.1) is 31.2 Å². The van der Waals surface area contributed by atoms with Crippen molar-refractivity contribution in [2.24, 2.45) is 0 Å². The Bertz CT molecular complexity index is 2480. The second-order valence-electron chi connectivity index (χ2n) is 17.9. The van der Waals surface area contributed by atoms with Crippen LogP contribution in [-0.4, -0.2) is 126 Å². The number of anilines is 5. The normalized spacial score (nSPS) is 22.2. The van der Waals surface area contributed by atoms with E-state index < -0.39 is 19.1 Å². The second kappa shape index (κ2) is 18.3. The molecule has 3 N–H and O–H groups in total. The lowest BCUT2D eigenvalue weighted by Gasteiger charge is -2.48. The summed E-state index contributed by atoms with van der Waals surface area (Å²) in [5.74, 6) is 1.31. The third-order valence-corrected chi connectivity index (χ3v) is 15.4. The van der Waals surface area contributed by atoms with Crippen molar-refractivity contribution >= 4 is 70.6 Å². The lowest BCUT2D eigenvalue weighted by Crippen LogP contribution is -2.58. The first-order chi connectivity index (χ1) is 30.9. The van der Waals surface area contributed by atoms with Crippen LogP contribution in [0.25, 0.3) is 0 Å². The van der Waals surface area contributed by atoms with Gasteiger partial charge in [-0.15, -0.1) is 0 Å². The molecule has 17 heteroatoms.